The van der Waals surface area contributed by atoms with Crippen molar-refractivity contribution in [1.82, 2.24) is 10.2 Å². The first-order valence-electron chi connectivity index (χ1n) is 10.9. The summed E-state index contributed by atoms with van der Waals surface area (Å²) in [4.78, 5) is 14.8. The molecule has 1 atom stereocenters. The fourth-order valence-electron chi connectivity index (χ4n) is 4.06. The van der Waals surface area contributed by atoms with E-state index in [1.54, 1.807) is 6.07 Å². The van der Waals surface area contributed by atoms with Crippen molar-refractivity contribution in [2.45, 2.75) is 25.7 Å². The van der Waals surface area contributed by atoms with E-state index in [0.29, 0.717) is 19.5 Å². The van der Waals surface area contributed by atoms with Crippen LogP contribution in [0, 0.1) is 5.92 Å². The molecule has 3 aromatic carbocycles. The summed E-state index contributed by atoms with van der Waals surface area (Å²) < 4.78 is 45.4. The van der Waals surface area contributed by atoms with Crippen molar-refractivity contribution in [1.29, 1.82) is 0 Å². The molecule has 33 heavy (non-hydrogen) atoms. The Labute approximate surface area is 191 Å². The van der Waals surface area contributed by atoms with Crippen LogP contribution in [0.15, 0.2) is 78.9 Å². The first-order chi connectivity index (χ1) is 15.9. The van der Waals surface area contributed by atoms with Gasteiger partial charge in [-0.2, -0.15) is 13.2 Å². The van der Waals surface area contributed by atoms with Crippen LogP contribution >= 0.6 is 0 Å². The second-order valence-corrected chi connectivity index (χ2v) is 8.16. The molecular formula is C26H25F3N2O2. The Bertz CT molecular complexity index is 1090. The SMILES string of the molecule is O=C(NCc1ccccc1C(F)(F)F)C1CCN(Cc2cccc(Oc3ccccc3)c2)C1. The third kappa shape index (κ3) is 6.14. The topological polar surface area (TPSA) is 41.6 Å². The van der Waals surface area contributed by atoms with Crippen molar-refractivity contribution in [3.63, 3.8) is 0 Å². The number of para-hydroxylation sites is 1. The summed E-state index contributed by atoms with van der Waals surface area (Å²) in [5.74, 6) is 1.05. The van der Waals surface area contributed by atoms with Gasteiger partial charge in [-0.05, 0) is 54.4 Å². The van der Waals surface area contributed by atoms with Gasteiger partial charge in [0.25, 0.3) is 0 Å². The highest BCUT2D eigenvalue weighted by atomic mass is 19.4. The Hall–Kier alpha value is -3.32. The number of nitrogens with zero attached hydrogens (tertiary/aromatic N) is 1. The van der Waals surface area contributed by atoms with Crippen LogP contribution in [-0.4, -0.2) is 23.9 Å². The van der Waals surface area contributed by atoms with Crippen molar-refractivity contribution in [3.05, 3.63) is 95.6 Å². The first-order valence-corrected chi connectivity index (χ1v) is 10.9. The molecule has 0 spiro atoms. The van der Waals surface area contributed by atoms with Crippen LogP contribution in [0.5, 0.6) is 11.5 Å². The van der Waals surface area contributed by atoms with Crippen molar-refractivity contribution in [3.8, 4) is 11.5 Å². The highest BCUT2D eigenvalue weighted by molar-refractivity contribution is 5.79. The van der Waals surface area contributed by atoms with E-state index in [9.17, 15) is 18.0 Å². The molecule has 1 amide bonds. The average molecular weight is 454 g/mol. The van der Waals surface area contributed by atoms with Crippen molar-refractivity contribution < 1.29 is 22.7 Å². The summed E-state index contributed by atoms with van der Waals surface area (Å²) in [5, 5.41) is 2.69. The average Bonchev–Trinajstić information content (AvgIpc) is 3.26. The molecule has 0 radical (unpaired) electrons. The number of nitrogens with one attached hydrogen (secondary N) is 1. The lowest BCUT2D eigenvalue weighted by atomic mass is 10.1. The number of amides is 1. The molecular weight excluding hydrogens is 429 g/mol. The van der Waals surface area contributed by atoms with E-state index in [0.717, 1.165) is 29.7 Å². The molecule has 0 bridgehead atoms. The van der Waals surface area contributed by atoms with Crippen molar-refractivity contribution in [2.75, 3.05) is 13.1 Å². The first kappa shape index (κ1) is 22.9. The normalized spacial score (nSPS) is 16.5. The summed E-state index contributed by atoms with van der Waals surface area (Å²) in [7, 11) is 0. The summed E-state index contributed by atoms with van der Waals surface area (Å²) in [6.07, 6.45) is -3.77. The zero-order valence-electron chi connectivity index (χ0n) is 18.0. The monoisotopic (exact) mass is 454 g/mol. The molecule has 1 unspecified atom stereocenters. The molecule has 1 aliphatic rings. The number of carbonyl (C=O) groups excluding carboxylic acids is 1. The largest absolute Gasteiger partial charge is 0.457 e. The molecule has 0 saturated carbocycles. The standard InChI is InChI=1S/C26H25F3N2O2/c27-26(28,29)24-12-5-4-8-20(24)16-30-25(32)21-13-14-31(18-21)17-19-7-6-11-23(15-19)33-22-9-2-1-3-10-22/h1-12,15,21H,13-14,16-18H2,(H,30,32). The molecule has 4 nitrogen and oxygen atoms in total. The van der Waals surface area contributed by atoms with Crippen LogP contribution in [0.25, 0.3) is 0 Å². The molecule has 3 aromatic rings. The summed E-state index contributed by atoms with van der Waals surface area (Å²) in [5.41, 5.74) is 0.433. The molecule has 7 heteroatoms. The molecule has 0 aliphatic carbocycles. The van der Waals surface area contributed by atoms with Gasteiger partial charge in [-0.3, -0.25) is 9.69 Å². The van der Waals surface area contributed by atoms with Gasteiger partial charge in [0.15, 0.2) is 0 Å². The number of carbonyl (C=O) groups is 1. The number of likely N-dealkylation sites (tertiary alicyclic amines) is 1. The van der Waals surface area contributed by atoms with Gasteiger partial charge in [0.05, 0.1) is 11.5 Å². The van der Waals surface area contributed by atoms with E-state index in [-0.39, 0.29) is 23.9 Å². The van der Waals surface area contributed by atoms with Gasteiger partial charge in [-0.25, -0.2) is 0 Å². The van der Waals surface area contributed by atoms with Crippen LogP contribution in [0.4, 0.5) is 13.2 Å². The van der Waals surface area contributed by atoms with E-state index in [1.807, 2.05) is 54.6 Å². The quantitative estimate of drug-likeness (QED) is 0.503. The minimum Gasteiger partial charge on any atom is -0.457 e. The van der Waals surface area contributed by atoms with Crippen molar-refractivity contribution >= 4 is 5.91 Å². The molecule has 1 saturated heterocycles. The van der Waals surface area contributed by atoms with Gasteiger partial charge in [0.2, 0.25) is 5.91 Å². The van der Waals surface area contributed by atoms with Crippen LogP contribution in [-0.2, 0) is 24.1 Å². The van der Waals surface area contributed by atoms with Gasteiger partial charge in [-0.1, -0.05) is 48.5 Å². The molecule has 1 heterocycles. The predicted octanol–water partition coefficient (Wildman–Crippen LogP) is 5.64. The Kier molecular flexibility index (Phi) is 6.99. The number of rotatable bonds is 7. The van der Waals surface area contributed by atoms with E-state index >= 15 is 0 Å². The van der Waals surface area contributed by atoms with Crippen LogP contribution in [0.2, 0.25) is 0 Å². The molecule has 1 fully saturated rings. The molecule has 172 valence electrons. The van der Waals surface area contributed by atoms with E-state index in [4.69, 9.17) is 4.74 Å². The zero-order valence-corrected chi connectivity index (χ0v) is 18.0. The number of hydrogen-bond acceptors (Lipinski definition) is 3. The minimum atomic E-state index is -4.44. The Morgan fingerprint density at radius 3 is 2.48 bits per heavy atom. The summed E-state index contributed by atoms with van der Waals surface area (Å²) in [6.45, 7) is 1.86. The Morgan fingerprint density at radius 1 is 0.970 bits per heavy atom. The van der Waals surface area contributed by atoms with E-state index < -0.39 is 11.7 Å². The third-order valence-electron chi connectivity index (χ3n) is 5.70. The second-order valence-electron chi connectivity index (χ2n) is 8.16. The van der Waals surface area contributed by atoms with Gasteiger partial charge >= 0.3 is 6.18 Å². The van der Waals surface area contributed by atoms with Crippen LogP contribution in [0.3, 0.4) is 0 Å². The van der Waals surface area contributed by atoms with Crippen LogP contribution in [0.1, 0.15) is 23.1 Å². The maximum absolute atomic E-state index is 13.2. The maximum Gasteiger partial charge on any atom is 0.416 e. The highest BCUT2D eigenvalue weighted by Crippen LogP contribution is 2.32. The predicted molar refractivity (Wildman–Crippen MR) is 120 cm³/mol. The third-order valence-corrected chi connectivity index (χ3v) is 5.70. The fourth-order valence-corrected chi connectivity index (χ4v) is 4.06. The van der Waals surface area contributed by atoms with E-state index in [2.05, 4.69) is 10.2 Å². The smallest absolute Gasteiger partial charge is 0.416 e. The van der Waals surface area contributed by atoms with Gasteiger partial charge in [0, 0.05) is 19.6 Å². The van der Waals surface area contributed by atoms with Crippen LogP contribution < -0.4 is 10.1 Å². The minimum absolute atomic E-state index is 0.0726. The lowest BCUT2D eigenvalue weighted by Crippen LogP contribution is -2.32. The van der Waals surface area contributed by atoms with E-state index in [1.165, 1.54) is 12.1 Å². The second kappa shape index (κ2) is 10.1. The number of alkyl halides is 3. The number of ether oxygens (including phenoxy) is 1. The number of benzene rings is 3. The number of hydrogen-bond donors (Lipinski definition) is 1. The van der Waals surface area contributed by atoms with Gasteiger partial charge in [-0.15, -0.1) is 0 Å². The highest BCUT2D eigenvalue weighted by Gasteiger charge is 2.33. The Morgan fingerprint density at radius 2 is 1.70 bits per heavy atom. The molecule has 4 rings (SSSR count). The summed E-state index contributed by atoms with van der Waals surface area (Å²) in [6, 6.07) is 22.7. The molecule has 0 aromatic heterocycles. The van der Waals surface area contributed by atoms with Gasteiger partial charge < -0.3 is 10.1 Å². The Balaban J connectivity index is 1.30. The van der Waals surface area contributed by atoms with Crippen molar-refractivity contribution in [2.24, 2.45) is 5.92 Å². The van der Waals surface area contributed by atoms with Gasteiger partial charge in [0.1, 0.15) is 11.5 Å². The summed E-state index contributed by atoms with van der Waals surface area (Å²) >= 11 is 0. The maximum atomic E-state index is 13.2. The lowest BCUT2D eigenvalue weighted by Gasteiger charge is -2.17. The lowest BCUT2D eigenvalue weighted by molar-refractivity contribution is -0.138. The fraction of sp³-hybridized carbons (Fsp3) is 0.269. The zero-order chi connectivity index (χ0) is 23.3. The molecule has 1 aliphatic heterocycles. The number of halogens is 3. The molecule has 1 N–H and O–H groups in total.